The average molecular weight is 224 g/mol. The summed E-state index contributed by atoms with van der Waals surface area (Å²) in [5, 5.41) is 3.79. The largest absolute Gasteiger partial charge is 0.310 e. The molecule has 2 rings (SSSR count). The first-order chi connectivity index (χ1) is 7.66. The Labute approximate surface area is 101 Å². The second kappa shape index (κ2) is 5.50. The zero-order chi connectivity index (χ0) is 11.5. The summed E-state index contributed by atoms with van der Waals surface area (Å²) in [6, 6.07) is 2.33. The normalized spacial score (nSPS) is 30.4. The van der Waals surface area contributed by atoms with Crippen LogP contribution < -0.4 is 5.32 Å². The molecule has 0 bridgehead atoms. The molecule has 2 unspecified atom stereocenters. The maximum absolute atomic E-state index is 3.79. The minimum Gasteiger partial charge on any atom is -0.310 e. The number of nitrogens with zero attached hydrogens (tertiary/aromatic N) is 1. The smallest absolute Gasteiger partial charge is 0.0209 e. The molecule has 0 spiro atoms. The lowest BCUT2D eigenvalue weighted by atomic mass is 10.1. The van der Waals surface area contributed by atoms with Gasteiger partial charge in [0.1, 0.15) is 0 Å². The first-order valence-corrected chi connectivity index (χ1v) is 7.17. The van der Waals surface area contributed by atoms with E-state index in [0.717, 1.165) is 18.0 Å². The topological polar surface area (TPSA) is 15.3 Å². The molecule has 1 N–H and O–H groups in total. The molecular formula is C14H28N2. The van der Waals surface area contributed by atoms with E-state index in [1.54, 1.807) is 0 Å². The van der Waals surface area contributed by atoms with Crippen molar-refractivity contribution in [1.82, 2.24) is 10.2 Å². The van der Waals surface area contributed by atoms with Crippen LogP contribution in [-0.2, 0) is 0 Å². The molecule has 16 heavy (non-hydrogen) atoms. The highest BCUT2D eigenvalue weighted by molar-refractivity contribution is 4.88. The van der Waals surface area contributed by atoms with Crippen LogP contribution in [0.25, 0.3) is 0 Å². The zero-order valence-electron chi connectivity index (χ0n) is 11.2. The van der Waals surface area contributed by atoms with Crippen molar-refractivity contribution in [3.63, 3.8) is 0 Å². The molecule has 1 aliphatic carbocycles. The lowest BCUT2D eigenvalue weighted by Gasteiger charge is -2.25. The van der Waals surface area contributed by atoms with E-state index in [0.29, 0.717) is 6.04 Å². The van der Waals surface area contributed by atoms with Crippen molar-refractivity contribution >= 4 is 0 Å². The van der Waals surface area contributed by atoms with Gasteiger partial charge in [0.15, 0.2) is 0 Å². The summed E-state index contributed by atoms with van der Waals surface area (Å²) < 4.78 is 0. The molecule has 0 amide bonds. The van der Waals surface area contributed by atoms with Crippen LogP contribution in [0.2, 0.25) is 0 Å². The van der Waals surface area contributed by atoms with Crippen LogP contribution in [0.5, 0.6) is 0 Å². The molecule has 1 saturated carbocycles. The Bertz CT molecular complexity index is 209. The van der Waals surface area contributed by atoms with Gasteiger partial charge in [-0.25, -0.2) is 0 Å². The summed E-state index contributed by atoms with van der Waals surface area (Å²) in [7, 11) is 0. The molecule has 1 aliphatic heterocycles. The van der Waals surface area contributed by atoms with Crippen LogP contribution in [0.1, 0.15) is 52.9 Å². The Morgan fingerprint density at radius 1 is 1.06 bits per heavy atom. The van der Waals surface area contributed by atoms with Crippen molar-refractivity contribution in [3.05, 3.63) is 0 Å². The quantitative estimate of drug-likeness (QED) is 0.790. The summed E-state index contributed by atoms with van der Waals surface area (Å²) >= 11 is 0. The van der Waals surface area contributed by atoms with Crippen molar-refractivity contribution in [3.8, 4) is 0 Å². The number of hydrogen-bond donors (Lipinski definition) is 1. The van der Waals surface area contributed by atoms with Gasteiger partial charge in [0.2, 0.25) is 0 Å². The molecule has 0 aromatic rings. The number of rotatable bonds is 4. The molecule has 0 radical (unpaired) electrons. The second-order valence-corrected chi connectivity index (χ2v) is 6.12. The molecular weight excluding hydrogens is 196 g/mol. The predicted molar refractivity (Wildman–Crippen MR) is 69.7 cm³/mol. The average Bonchev–Trinajstić information content (AvgIpc) is 2.85. The Hall–Kier alpha value is -0.0800. The first kappa shape index (κ1) is 12.4. The van der Waals surface area contributed by atoms with Crippen molar-refractivity contribution < 1.29 is 0 Å². The molecule has 1 heterocycles. The molecule has 94 valence electrons. The monoisotopic (exact) mass is 224 g/mol. The molecule has 2 nitrogen and oxygen atoms in total. The number of likely N-dealkylation sites (tertiary alicyclic amines) is 1. The minimum absolute atomic E-state index is 0.661. The van der Waals surface area contributed by atoms with Crippen LogP contribution >= 0.6 is 0 Å². The first-order valence-electron chi connectivity index (χ1n) is 7.17. The zero-order valence-corrected chi connectivity index (χ0v) is 11.2. The summed E-state index contributed by atoms with van der Waals surface area (Å²) in [5.74, 6) is 0.750. The van der Waals surface area contributed by atoms with E-state index < -0.39 is 0 Å². The van der Waals surface area contributed by atoms with Crippen LogP contribution in [0.3, 0.4) is 0 Å². The van der Waals surface area contributed by atoms with Gasteiger partial charge < -0.3 is 5.32 Å². The van der Waals surface area contributed by atoms with Gasteiger partial charge in [0, 0.05) is 31.2 Å². The predicted octanol–water partition coefficient (Wildman–Crippen LogP) is 2.64. The van der Waals surface area contributed by atoms with Gasteiger partial charge in [-0.1, -0.05) is 26.7 Å². The Balaban J connectivity index is 1.74. The number of nitrogens with one attached hydrogen (secondary N) is 1. The maximum Gasteiger partial charge on any atom is 0.0209 e. The third-order valence-electron chi connectivity index (χ3n) is 4.56. The Morgan fingerprint density at radius 3 is 2.38 bits per heavy atom. The lowest BCUT2D eigenvalue weighted by Crippen LogP contribution is -2.42. The lowest BCUT2D eigenvalue weighted by molar-refractivity contribution is 0.236. The van der Waals surface area contributed by atoms with Gasteiger partial charge in [-0.05, 0) is 32.1 Å². The van der Waals surface area contributed by atoms with Crippen LogP contribution in [0.4, 0.5) is 0 Å². The van der Waals surface area contributed by atoms with Gasteiger partial charge in [-0.2, -0.15) is 0 Å². The summed E-state index contributed by atoms with van der Waals surface area (Å²) in [5.41, 5.74) is 0. The molecule has 0 aromatic heterocycles. The Kier molecular flexibility index (Phi) is 4.26. The third-order valence-corrected chi connectivity index (χ3v) is 4.56. The minimum atomic E-state index is 0.661. The van der Waals surface area contributed by atoms with Gasteiger partial charge >= 0.3 is 0 Å². The maximum atomic E-state index is 3.79. The number of hydrogen-bond acceptors (Lipinski definition) is 2. The SMILES string of the molecule is CC(C)C(C)NC1CCN(C2CCCC2)C1. The Morgan fingerprint density at radius 2 is 1.75 bits per heavy atom. The van der Waals surface area contributed by atoms with Crippen LogP contribution in [-0.4, -0.2) is 36.1 Å². The fourth-order valence-corrected chi connectivity index (χ4v) is 3.09. The molecule has 2 heteroatoms. The van der Waals surface area contributed by atoms with E-state index in [1.807, 2.05) is 0 Å². The van der Waals surface area contributed by atoms with Gasteiger partial charge in [0.05, 0.1) is 0 Å². The van der Waals surface area contributed by atoms with Crippen LogP contribution in [0.15, 0.2) is 0 Å². The van der Waals surface area contributed by atoms with Crippen LogP contribution in [0, 0.1) is 5.92 Å². The van der Waals surface area contributed by atoms with E-state index in [9.17, 15) is 0 Å². The van der Waals surface area contributed by atoms with E-state index in [-0.39, 0.29) is 0 Å². The fourth-order valence-electron chi connectivity index (χ4n) is 3.09. The van der Waals surface area contributed by atoms with E-state index in [2.05, 4.69) is 31.0 Å². The van der Waals surface area contributed by atoms with Crippen molar-refractivity contribution in [2.75, 3.05) is 13.1 Å². The third kappa shape index (κ3) is 2.98. The van der Waals surface area contributed by atoms with Gasteiger partial charge in [0.25, 0.3) is 0 Å². The molecule has 2 aliphatic rings. The van der Waals surface area contributed by atoms with Crippen molar-refractivity contribution in [2.45, 2.75) is 71.0 Å². The van der Waals surface area contributed by atoms with Crippen molar-refractivity contribution in [1.29, 1.82) is 0 Å². The summed E-state index contributed by atoms with van der Waals surface area (Å²) in [4.78, 5) is 2.73. The molecule has 2 fully saturated rings. The molecule has 2 atom stereocenters. The van der Waals surface area contributed by atoms with Gasteiger partial charge in [-0.15, -0.1) is 0 Å². The van der Waals surface area contributed by atoms with Crippen molar-refractivity contribution in [2.24, 2.45) is 5.92 Å². The standard InChI is InChI=1S/C14H28N2/c1-11(2)12(3)15-13-8-9-16(10-13)14-6-4-5-7-14/h11-15H,4-10H2,1-3H3. The summed E-state index contributed by atoms with van der Waals surface area (Å²) in [6.45, 7) is 9.56. The van der Waals surface area contributed by atoms with E-state index >= 15 is 0 Å². The van der Waals surface area contributed by atoms with E-state index in [4.69, 9.17) is 0 Å². The summed E-state index contributed by atoms with van der Waals surface area (Å²) in [6.07, 6.45) is 7.18. The second-order valence-electron chi connectivity index (χ2n) is 6.12. The molecule has 1 saturated heterocycles. The van der Waals surface area contributed by atoms with Gasteiger partial charge in [-0.3, -0.25) is 4.90 Å². The van der Waals surface area contributed by atoms with E-state index in [1.165, 1.54) is 45.2 Å². The fraction of sp³-hybridized carbons (Fsp3) is 1.00. The molecule has 0 aromatic carbocycles. The highest BCUT2D eigenvalue weighted by Crippen LogP contribution is 2.26. The highest BCUT2D eigenvalue weighted by atomic mass is 15.2. The highest BCUT2D eigenvalue weighted by Gasteiger charge is 2.30.